The fraction of sp³-hybridized carbons (Fsp3) is 1.00. The fourth-order valence-electron chi connectivity index (χ4n) is 1.10. The molecule has 0 aromatic heterocycles. The molecule has 80 valence electrons. The maximum absolute atomic E-state index is 9.43. The zero-order valence-corrected chi connectivity index (χ0v) is 9.74. The van der Waals surface area contributed by atoms with E-state index in [-0.39, 0.29) is 6.61 Å². The highest BCUT2D eigenvalue weighted by Gasteiger charge is 2.37. The SMILES string of the molecule is CC(CO)(O[Si](C)(C)C)C(O)CO. The third kappa shape index (κ3) is 4.19. The molecule has 2 unspecified atom stereocenters. The summed E-state index contributed by atoms with van der Waals surface area (Å²) in [6.45, 7) is 6.80. The molecular weight excluding hydrogens is 188 g/mol. The summed E-state index contributed by atoms with van der Waals surface area (Å²) < 4.78 is 5.61. The van der Waals surface area contributed by atoms with E-state index in [0.717, 1.165) is 0 Å². The molecule has 0 aliphatic heterocycles. The molecule has 3 N–H and O–H groups in total. The molecule has 0 spiro atoms. The minimum atomic E-state index is -1.82. The lowest BCUT2D eigenvalue weighted by Gasteiger charge is -2.37. The van der Waals surface area contributed by atoms with Crippen LogP contribution >= 0.6 is 0 Å². The van der Waals surface area contributed by atoms with Gasteiger partial charge in [0.1, 0.15) is 11.7 Å². The Bertz CT molecular complexity index is 157. The highest BCUT2D eigenvalue weighted by molar-refractivity contribution is 6.69. The van der Waals surface area contributed by atoms with Gasteiger partial charge in [0.15, 0.2) is 8.32 Å². The molecule has 0 aromatic carbocycles. The minimum Gasteiger partial charge on any atom is -0.407 e. The zero-order valence-electron chi connectivity index (χ0n) is 8.74. The molecule has 4 nitrogen and oxygen atoms in total. The molecule has 0 radical (unpaired) electrons. The van der Waals surface area contributed by atoms with Crippen molar-refractivity contribution in [2.24, 2.45) is 0 Å². The van der Waals surface area contributed by atoms with Crippen LogP contribution in [0.3, 0.4) is 0 Å². The highest BCUT2D eigenvalue weighted by Crippen LogP contribution is 2.21. The second-order valence-corrected chi connectivity index (χ2v) is 8.81. The summed E-state index contributed by atoms with van der Waals surface area (Å²) in [5.74, 6) is 0. The van der Waals surface area contributed by atoms with Gasteiger partial charge in [0.2, 0.25) is 0 Å². The molecule has 0 bridgehead atoms. The van der Waals surface area contributed by atoms with Gasteiger partial charge in [-0.25, -0.2) is 0 Å². The van der Waals surface area contributed by atoms with Crippen LogP contribution in [0.5, 0.6) is 0 Å². The number of hydrogen-bond donors (Lipinski definition) is 3. The number of hydrogen-bond acceptors (Lipinski definition) is 4. The monoisotopic (exact) mass is 208 g/mol. The highest BCUT2D eigenvalue weighted by atomic mass is 28.4. The molecule has 0 fully saturated rings. The lowest BCUT2D eigenvalue weighted by Crippen LogP contribution is -2.52. The first-order chi connectivity index (χ1) is 5.75. The van der Waals surface area contributed by atoms with E-state index in [1.807, 2.05) is 19.6 Å². The molecule has 5 heteroatoms. The van der Waals surface area contributed by atoms with E-state index in [1.165, 1.54) is 0 Å². The van der Waals surface area contributed by atoms with E-state index < -0.39 is 26.6 Å². The zero-order chi connectivity index (χ0) is 10.7. The van der Waals surface area contributed by atoms with E-state index in [9.17, 15) is 5.11 Å². The van der Waals surface area contributed by atoms with Crippen molar-refractivity contribution in [3.8, 4) is 0 Å². The Kier molecular flexibility index (Phi) is 4.54. The molecule has 2 atom stereocenters. The fourth-order valence-corrected chi connectivity index (χ4v) is 2.70. The van der Waals surface area contributed by atoms with E-state index in [2.05, 4.69) is 0 Å². The minimum absolute atomic E-state index is 0.293. The molecule has 0 saturated heterocycles. The molecule has 0 saturated carbocycles. The Balaban J connectivity index is 4.45. The summed E-state index contributed by atoms with van der Waals surface area (Å²) in [7, 11) is -1.82. The van der Waals surface area contributed by atoms with Gasteiger partial charge in [-0.2, -0.15) is 0 Å². The number of aliphatic hydroxyl groups is 3. The van der Waals surface area contributed by atoms with E-state index in [1.54, 1.807) is 6.92 Å². The van der Waals surface area contributed by atoms with Gasteiger partial charge < -0.3 is 19.7 Å². The van der Waals surface area contributed by atoms with Crippen LogP contribution in [0.2, 0.25) is 19.6 Å². The van der Waals surface area contributed by atoms with Crippen LogP contribution in [0, 0.1) is 0 Å². The summed E-state index contributed by atoms with van der Waals surface area (Å²) in [6.07, 6.45) is -1.04. The molecular formula is C8H20O4Si. The lowest BCUT2D eigenvalue weighted by atomic mass is 10.0. The predicted molar refractivity (Wildman–Crippen MR) is 53.0 cm³/mol. The quantitative estimate of drug-likeness (QED) is 0.554. The van der Waals surface area contributed by atoms with Crippen molar-refractivity contribution >= 4 is 8.32 Å². The maximum Gasteiger partial charge on any atom is 0.184 e. The van der Waals surface area contributed by atoms with Crippen molar-refractivity contribution in [1.29, 1.82) is 0 Å². The van der Waals surface area contributed by atoms with Crippen LogP contribution < -0.4 is 0 Å². The first-order valence-electron chi connectivity index (χ1n) is 4.35. The topological polar surface area (TPSA) is 69.9 Å². The van der Waals surface area contributed by atoms with Gasteiger partial charge in [-0.05, 0) is 26.6 Å². The Morgan fingerprint density at radius 2 is 1.77 bits per heavy atom. The molecule has 13 heavy (non-hydrogen) atoms. The molecule has 0 aromatic rings. The normalized spacial score (nSPS) is 19.6. The Labute approximate surface area is 80.3 Å². The largest absolute Gasteiger partial charge is 0.407 e. The number of rotatable bonds is 5. The van der Waals surface area contributed by atoms with Crippen LogP contribution in [-0.2, 0) is 4.43 Å². The first kappa shape index (κ1) is 13.1. The maximum atomic E-state index is 9.43. The first-order valence-corrected chi connectivity index (χ1v) is 7.76. The summed E-state index contributed by atoms with van der Waals surface area (Å²) in [4.78, 5) is 0. The average molecular weight is 208 g/mol. The second-order valence-electron chi connectivity index (χ2n) is 4.38. The standard InChI is InChI=1S/C8H20O4Si/c1-8(6-10,7(11)5-9)12-13(2,3)4/h7,9-11H,5-6H2,1-4H3. The summed E-state index contributed by atoms with van der Waals surface area (Å²) in [5, 5.41) is 27.3. The lowest BCUT2D eigenvalue weighted by molar-refractivity contribution is -0.0966. The van der Waals surface area contributed by atoms with E-state index in [0.29, 0.717) is 0 Å². The smallest absolute Gasteiger partial charge is 0.184 e. The van der Waals surface area contributed by atoms with Gasteiger partial charge in [-0.3, -0.25) is 0 Å². The van der Waals surface area contributed by atoms with Crippen LogP contribution in [0.15, 0.2) is 0 Å². The van der Waals surface area contributed by atoms with Gasteiger partial charge in [0.05, 0.1) is 13.2 Å². The van der Waals surface area contributed by atoms with Crippen molar-refractivity contribution < 1.29 is 19.7 Å². The summed E-state index contributed by atoms with van der Waals surface area (Å²) in [6, 6.07) is 0. The van der Waals surface area contributed by atoms with Crippen LogP contribution in [0.25, 0.3) is 0 Å². The van der Waals surface area contributed by atoms with Crippen molar-refractivity contribution in [2.45, 2.75) is 38.3 Å². The number of aliphatic hydroxyl groups excluding tert-OH is 3. The Morgan fingerprint density at radius 1 is 1.31 bits per heavy atom. The Morgan fingerprint density at radius 3 is 2.00 bits per heavy atom. The molecule has 0 heterocycles. The molecule has 0 rings (SSSR count). The summed E-state index contributed by atoms with van der Waals surface area (Å²) in [5.41, 5.74) is -1.04. The average Bonchev–Trinajstić information content (AvgIpc) is 1.99. The second kappa shape index (κ2) is 4.52. The van der Waals surface area contributed by atoms with E-state index in [4.69, 9.17) is 14.6 Å². The van der Waals surface area contributed by atoms with E-state index >= 15 is 0 Å². The van der Waals surface area contributed by atoms with Gasteiger partial charge in [-0.15, -0.1) is 0 Å². The van der Waals surface area contributed by atoms with Gasteiger partial charge in [0.25, 0.3) is 0 Å². The third-order valence-electron chi connectivity index (χ3n) is 1.73. The van der Waals surface area contributed by atoms with Crippen molar-refractivity contribution in [2.75, 3.05) is 13.2 Å². The van der Waals surface area contributed by atoms with Crippen LogP contribution in [0.4, 0.5) is 0 Å². The van der Waals surface area contributed by atoms with Gasteiger partial charge in [-0.1, -0.05) is 0 Å². The van der Waals surface area contributed by atoms with Crippen molar-refractivity contribution in [3.63, 3.8) is 0 Å². The third-order valence-corrected chi connectivity index (χ3v) is 2.81. The molecule has 0 aliphatic rings. The van der Waals surface area contributed by atoms with Crippen molar-refractivity contribution in [1.82, 2.24) is 0 Å². The van der Waals surface area contributed by atoms with Crippen LogP contribution in [-0.4, -0.2) is 48.6 Å². The van der Waals surface area contributed by atoms with Gasteiger partial charge >= 0.3 is 0 Å². The van der Waals surface area contributed by atoms with Crippen LogP contribution in [0.1, 0.15) is 6.92 Å². The predicted octanol–water partition coefficient (Wildman–Crippen LogP) is -0.0579. The van der Waals surface area contributed by atoms with Crippen molar-refractivity contribution in [3.05, 3.63) is 0 Å². The van der Waals surface area contributed by atoms with Gasteiger partial charge in [0, 0.05) is 0 Å². The Hall–Kier alpha value is 0.0569. The molecule has 0 amide bonds. The summed E-state index contributed by atoms with van der Waals surface area (Å²) >= 11 is 0. The molecule has 0 aliphatic carbocycles.